The normalized spacial score (nSPS) is 29.6. The van der Waals surface area contributed by atoms with Crippen LogP contribution in [0.15, 0.2) is 0 Å². The second kappa shape index (κ2) is 6.55. The zero-order valence-electron chi connectivity index (χ0n) is 12.0. The number of amides is 1. The number of piperidine rings is 1. The average Bonchev–Trinajstić information content (AvgIpc) is 2.40. The van der Waals surface area contributed by atoms with Gasteiger partial charge in [-0.15, -0.1) is 0 Å². The summed E-state index contributed by atoms with van der Waals surface area (Å²) in [5.74, 6) is 1.23. The van der Waals surface area contributed by atoms with E-state index in [1.54, 1.807) is 0 Å². The molecule has 1 amide bonds. The van der Waals surface area contributed by atoms with Crippen LogP contribution >= 0.6 is 0 Å². The Morgan fingerprint density at radius 1 is 1.11 bits per heavy atom. The van der Waals surface area contributed by atoms with Crippen LogP contribution in [0.3, 0.4) is 0 Å². The third-order valence-corrected chi connectivity index (χ3v) is 4.70. The third-order valence-electron chi connectivity index (χ3n) is 4.70. The number of likely N-dealkylation sites (N-methyl/N-ethyl adjacent to an activating group) is 1. The molecule has 2 rings (SSSR count). The molecule has 0 bridgehead atoms. The lowest BCUT2D eigenvalue weighted by Gasteiger charge is -2.35. The first-order valence-corrected chi connectivity index (χ1v) is 7.65. The highest BCUT2D eigenvalue weighted by Crippen LogP contribution is 2.26. The molecule has 0 spiro atoms. The minimum absolute atomic E-state index is 0.343. The first-order valence-electron chi connectivity index (χ1n) is 7.65. The summed E-state index contributed by atoms with van der Waals surface area (Å²) in [5, 5.41) is 0. The van der Waals surface area contributed by atoms with E-state index in [-0.39, 0.29) is 0 Å². The Hall–Kier alpha value is -0.570. The topological polar surface area (TPSA) is 23.6 Å². The molecular weight excluding hydrogens is 224 g/mol. The fourth-order valence-electron chi connectivity index (χ4n) is 3.27. The molecule has 2 aliphatic rings. The summed E-state index contributed by atoms with van der Waals surface area (Å²) in [6.45, 7) is 4.93. The molecule has 1 aliphatic heterocycles. The van der Waals surface area contributed by atoms with Crippen molar-refractivity contribution < 1.29 is 4.79 Å². The molecule has 0 unspecified atom stereocenters. The van der Waals surface area contributed by atoms with Crippen molar-refractivity contribution in [3.63, 3.8) is 0 Å². The van der Waals surface area contributed by atoms with E-state index in [0.29, 0.717) is 18.5 Å². The minimum atomic E-state index is 0.343. The highest BCUT2D eigenvalue weighted by Gasteiger charge is 2.24. The van der Waals surface area contributed by atoms with Gasteiger partial charge in [-0.2, -0.15) is 0 Å². The molecule has 1 heterocycles. The monoisotopic (exact) mass is 252 g/mol. The molecule has 1 aliphatic carbocycles. The van der Waals surface area contributed by atoms with E-state index in [2.05, 4.69) is 23.8 Å². The smallest absolute Gasteiger partial charge is 0.236 e. The fraction of sp³-hybridized carbons (Fsp3) is 0.933. The van der Waals surface area contributed by atoms with E-state index in [1.165, 1.54) is 44.9 Å². The fourth-order valence-corrected chi connectivity index (χ4v) is 3.27. The van der Waals surface area contributed by atoms with Gasteiger partial charge in [0.05, 0.1) is 6.54 Å². The summed E-state index contributed by atoms with van der Waals surface area (Å²) < 4.78 is 0. The molecule has 0 aromatic rings. The molecule has 18 heavy (non-hydrogen) atoms. The number of likely N-dealkylation sites (tertiary alicyclic amines) is 1. The number of nitrogens with zero attached hydrogens (tertiary/aromatic N) is 2. The molecule has 2 fully saturated rings. The summed E-state index contributed by atoms with van der Waals surface area (Å²) in [6.07, 6.45) is 8.86. The lowest BCUT2D eigenvalue weighted by Crippen LogP contribution is -2.45. The standard InChI is InChI=1S/C15H28N2O/c1-13-6-8-14(9-7-13)16(2)12-15(18)17-10-4-3-5-11-17/h13-14H,3-12H2,1-2H3. The molecule has 0 atom stereocenters. The van der Waals surface area contributed by atoms with Crippen LogP contribution in [0.25, 0.3) is 0 Å². The lowest BCUT2D eigenvalue weighted by molar-refractivity contribution is -0.133. The Balaban J connectivity index is 1.75. The zero-order chi connectivity index (χ0) is 13.0. The molecule has 3 heteroatoms. The van der Waals surface area contributed by atoms with Crippen LogP contribution in [0.5, 0.6) is 0 Å². The molecule has 0 aromatic carbocycles. The van der Waals surface area contributed by atoms with E-state index in [4.69, 9.17) is 0 Å². The van der Waals surface area contributed by atoms with E-state index >= 15 is 0 Å². The molecule has 1 saturated carbocycles. The number of carbonyl (C=O) groups is 1. The Bertz CT molecular complexity index is 266. The molecule has 1 saturated heterocycles. The van der Waals surface area contributed by atoms with E-state index in [0.717, 1.165) is 19.0 Å². The Labute approximate surface area is 112 Å². The second-order valence-electron chi connectivity index (χ2n) is 6.27. The molecule has 0 aromatic heterocycles. The van der Waals surface area contributed by atoms with Crippen molar-refractivity contribution in [3.05, 3.63) is 0 Å². The predicted octanol–water partition coefficient (Wildman–Crippen LogP) is 2.51. The van der Waals surface area contributed by atoms with Crippen molar-refractivity contribution in [2.75, 3.05) is 26.7 Å². The first kappa shape index (κ1) is 13.9. The van der Waals surface area contributed by atoms with Crippen molar-refractivity contribution in [1.82, 2.24) is 9.80 Å². The number of rotatable bonds is 3. The highest BCUT2D eigenvalue weighted by molar-refractivity contribution is 5.78. The van der Waals surface area contributed by atoms with Gasteiger partial charge in [0.15, 0.2) is 0 Å². The van der Waals surface area contributed by atoms with Crippen LogP contribution in [-0.2, 0) is 4.79 Å². The second-order valence-corrected chi connectivity index (χ2v) is 6.27. The summed E-state index contributed by atoms with van der Waals surface area (Å²) in [7, 11) is 2.13. The maximum atomic E-state index is 12.2. The van der Waals surface area contributed by atoms with Crippen LogP contribution in [0.4, 0.5) is 0 Å². The largest absolute Gasteiger partial charge is 0.342 e. The Morgan fingerprint density at radius 3 is 2.33 bits per heavy atom. The van der Waals surface area contributed by atoms with Gasteiger partial charge in [0.1, 0.15) is 0 Å². The summed E-state index contributed by atoms with van der Waals surface area (Å²) >= 11 is 0. The molecule has 104 valence electrons. The minimum Gasteiger partial charge on any atom is -0.342 e. The van der Waals surface area contributed by atoms with Crippen molar-refractivity contribution in [2.24, 2.45) is 5.92 Å². The van der Waals surface area contributed by atoms with Crippen molar-refractivity contribution >= 4 is 5.91 Å². The van der Waals surface area contributed by atoms with Crippen molar-refractivity contribution in [1.29, 1.82) is 0 Å². The van der Waals surface area contributed by atoms with Gasteiger partial charge in [-0.05, 0) is 57.9 Å². The van der Waals surface area contributed by atoms with Gasteiger partial charge in [0.2, 0.25) is 5.91 Å². The highest BCUT2D eigenvalue weighted by atomic mass is 16.2. The van der Waals surface area contributed by atoms with E-state index < -0.39 is 0 Å². The quantitative estimate of drug-likeness (QED) is 0.770. The van der Waals surface area contributed by atoms with Crippen LogP contribution < -0.4 is 0 Å². The van der Waals surface area contributed by atoms with Crippen molar-refractivity contribution in [2.45, 2.75) is 57.9 Å². The molecule has 0 radical (unpaired) electrons. The Morgan fingerprint density at radius 2 is 1.72 bits per heavy atom. The maximum absolute atomic E-state index is 12.2. The van der Waals surface area contributed by atoms with Crippen molar-refractivity contribution in [3.8, 4) is 0 Å². The van der Waals surface area contributed by atoms with Gasteiger partial charge < -0.3 is 4.90 Å². The molecule has 0 N–H and O–H groups in total. The van der Waals surface area contributed by atoms with Gasteiger partial charge in [0, 0.05) is 19.1 Å². The SMILES string of the molecule is CC1CCC(N(C)CC(=O)N2CCCCC2)CC1. The predicted molar refractivity (Wildman–Crippen MR) is 74.5 cm³/mol. The van der Waals surface area contributed by atoms with Gasteiger partial charge in [-0.25, -0.2) is 0 Å². The summed E-state index contributed by atoms with van der Waals surface area (Å²) in [6, 6.07) is 0.634. The van der Waals surface area contributed by atoms with Crippen LogP contribution in [0.1, 0.15) is 51.9 Å². The number of hydrogen-bond acceptors (Lipinski definition) is 2. The van der Waals surface area contributed by atoms with Gasteiger partial charge in [-0.3, -0.25) is 9.69 Å². The average molecular weight is 252 g/mol. The van der Waals surface area contributed by atoms with Crippen LogP contribution in [0.2, 0.25) is 0 Å². The molecule has 3 nitrogen and oxygen atoms in total. The number of carbonyl (C=O) groups excluding carboxylic acids is 1. The van der Waals surface area contributed by atoms with Gasteiger partial charge in [0.25, 0.3) is 0 Å². The van der Waals surface area contributed by atoms with Crippen LogP contribution in [0, 0.1) is 5.92 Å². The summed E-state index contributed by atoms with van der Waals surface area (Å²) in [4.78, 5) is 16.6. The third kappa shape index (κ3) is 3.71. The van der Waals surface area contributed by atoms with E-state index in [9.17, 15) is 4.79 Å². The van der Waals surface area contributed by atoms with E-state index in [1.807, 2.05) is 0 Å². The lowest BCUT2D eigenvalue weighted by atomic mass is 9.87. The summed E-state index contributed by atoms with van der Waals surface area (Å²) in [5.41, 5.74) is 0. The Kier molecular flexibility index (Phi) is 5.04. The zero-order valence-corrected chi connectivity index (χ0v) is 12.0. The first-order chi connectivity index (χ1) is 8.66. The van der Waals surface area contributed by atoms with Gasteiger partial charge in [-0.1, -0.05) is 6.92 Å². The molecular formula is C15H28N2O. The number of hydrogen-bond donors (Lipinski definition) is 0. The van der Waals surface area contributed by atoms with Gasteiger partial charge >= 0.3 is 0 Å². The maximum Gasteiger partial charge on any atom is 0.236 e. The van der Waals surface area contributed by atoms with Crippen LogP contribution in [-0.4, -0.2) is 48.4 Å².